The second-order valence-corrected chi connectivity index (χ2v) is 7.02. The molecule has 4 rings (SSSR count). The Morgan fingerprint density at radius 3 is 2.43 bits per heavy atom. The van der Waals surface area contributed by atoms with E-state index in [-0.39, 0.29) is 17.9 Å². The molecule has 1 atom stereocenters. The number of nitrogens with zero attached hydrogens (tertiary/aromatic N) is 1. The van der Waals surface area contributed by atoms with Crippen LogP contribution in [0.15, 0.2) is 78.9 Å². The number of hydrogen-bond acceptors (Lipinski definition) is 2. The second kappa shape index (κ2) is 7.69. The minimum atomic E-state index is -0.187. The summed E-state index contributed by atoms with van der Waals surface area (Å²) in [5, 5.41) is 3.00. The number of hydrogen-bond donors (Lipinski definition) is 1. The molecule has 0 saturated carbocycles. The molecule has 1 aliphatic rings. The Hall–Kier alpha value is -3.40. The Labute approximate surface area is 164 Å². The van der Waals surface area contributed by atoms with Gasteiger partial charge in [0.05, 0.1) is 6.04 Å². The molecule has 4 nitrogen and oxygen atoms in total. The zero-order valence-corrected chi connectivity index (χ0v) is 15.8. The van der Waals surface area contributed by atoms with Crippen molar-refractivity contribution in [1.29, 1.82) is 0 Å². The summed E-state index contributed by atoms with van der Waals surface area (Å²) in [6.07, 6.45) is 0.858. The van der Waals surface area contributed by atoms with Crippen LogP contribution in [0.4, 0.5) is 5.69 Å². The normalized spacial score (nSPS) is 13.7. The van der Waals surface area contributed by atoms with Gasteiger partial charge in [0.1, 0.15) is 0 Å². The van der Waals surface area contributed by atoms with Gasteiger partial charge in [0, 0.05) is 23.4 Å². The van der Waals surface area contributed by atoms with Gasteiger partial charge in [0.2, 0.25) is 0 Å². The second-order valence-electron chi connectivity index (χ2n) is 7.02. The first-order chi connectivity index (χ1) is 13.6. The van der Waals surface area contributed by atoms with Gasteiger partial charge >= 0.3 is 0 Å². The van der Waals surface area contributed by atoms with Gasteiger partial charge in [-0.3, -0.25) is 9.59 Å². The van der Waals surface area contributed by atoms with Gasteiger partial charge in [-0.2, -0.15) is 0 Å². The number of carbonyl (C=O) groups excluding carboxylic acids is 2. The van der Waals surface area contributed by atoms with Gasteiger partial charge in [-0.05, 0) is 48.7 Å². The van der Waals surface area contributed by atoms with Crippen LogP contribution in [0.3, 0.4) is 0 Å². The van der Waals surface area contributed by atoms with Gasteiger partial charge < -0.3 is 10.2 Å². The summed E-state index contributed by atoms with van der Waals surface area (Å²) in [7, 11) is 0. The van der Waals surface area contributed by atoms with Crippen molar-refractivity contribution in [1.82, 2.24) is 5.32 Å². The molecule has 1 N–H and O–H groups in total. The Morgan fingerprint density at radius 2 is 1.61 bits per heavy atom. The fourth-order valence-electron chi connectivity index (χ4n) is 3.60. The van der Waals surface area contributed by atoms with E-state index in [4.69, 9.17) is 0 Å². The molecule has 1 aliphatic heterocycles. The first-order valence-electron chi connectivity index (χ1n) is 9.49. The van der Waals surface area contributed by atoms with Crippen LogP contribution in [0.1, 0.15) is 44.8 Å². The fourth-order valence-corrected chi connectivity index (χ4v) is 3.60. The number of rotatable bonds is 4. The molecule has 140 valence electrons. The van der Waals surface area contributed by atoms with Crippen LogP contribution in [-0.2, 0) is 6.42 Å². The van der Waals surface area contributed by atoms with Crippen LogP contribution in [0.2, 0.25) is 0 Å². The predicted octanol–water partition coefficient (Wildman–Crippen LogP) is 4.38. The summed E-state index contributed by atoms with van der Waals surface area (Å²) in [5.74, 6) is -0.261. The highest BCUT2D eigenvalue weighted by molar-refractivity contribution is 6.08. The third-order valence-corrected chi connectivity index (χ3v) is 5.15. The van der Waals surface area contributed by atoms with Crippen molar-refractivity contribution < 1.29 is 9.59 Å². The van der Waals surface area contributed by atoms with Crippen LogP contribution in [-0.4, -0.2) is 18.4 Å². The van der Waals surface area contributed by atoms with E-state index in [1.54, 1.807) is 29.2 Å². The zero-order valence-electron chi connectivity index (χ0n) is 15.8. The molecular weight excluding hydrogens is 348 g/mol. The number of amides is 2. The highest BCUT2D eigenvalue weighted by Crippen LogP contribution is 2.29. The molecule has 0 saturated heterocycles. The maximum absolute atomic E-state index is 13.0. The number of fused-ring (bicyclic) bond motifs is 1. The van der Waals surface area contributed by atoms with Gasteiger partial charge in [0.15, 0.2) is 0 Å². The number of para-hydroxylation sites is 1. The van der Waals surface area contributed by atoms with Crippen LogP contribution >= 0.6 is 0 Å². The lowest BCUT2D eigenvalue weighted by Gasteiger charge is -2.18. The van der Waals surface area contributed by atoms with Gasteiger partial charge in [-0.25, -0.2) is 0 Å². The fraction of sp³-hybridized carbons (Fsp3) is 0.167. The van der Waals surface area contributed by atoms with Crippen molar-refractivity contribution in [2.45, 2.75) is 19.4 Å². The van der Waals surface area contributed by atoms with Crippen molar-refractivity contribution >= 4 is 17.5 Å². The van der Waals surface area contributed by atoms with Crippen molar-refractivity contribution in [3.63, 3.8) is 0 Å². The summed E-state index contributed by atoms with van der Waals surface area (Å²) in [5.41, 5.74) is 4.19. The Morgan fingerprint density at radius 1 is 0.893 bits per heavy atom. The van der Waals surface area contributed by atoms with Crippen molar-refractivity contribution in [2.75, 3.05) is 11.4 Å². The molecule has 3 aromatic carbocycles. The SMILES string of the molecule is CC(NC(=O)c1cccc(C(=O)N2CCc3ccccc32)c1)c1ccccc1. The van der Waals surface area contributed by atoms with E-state index in [9.17, 15) is 9.59 Å². The number of anilines is 1. The minimum absolute atomic E-state index is 0.0734. The first kappa shape index (κ1) is 18.0. The largest absolute Gasteiger partial charge is 0.346 e. The number of nitrogens with one attached hydrogen (secondary N) is 1. The maximum Gasteiger partial charge on any atom is 0.258 e. The van der Waals surface area contributed by atoms with Crippen LogP contribution in [0.5, 0.6) is 0 Å². The van der Waals surface area contributed by atoms with Gasteiger partial charge in [-0.15, -0.1) is 0 Å². The number of carbonyl (C=O) groups is 2. The first-order valence-corrected chi connectivity index (χ1v) is 9.49. The van der Waals surface area contributed by atoms with Crippen LogP contribution in [0.25, 0.3) is 0 Å². The predicted molar refractivity (Wildman–Crippen MR) is 111 cm³/mol. The minimum Gasteiger partial charge on any atom is -0.346 e. The molecule has 4 heteroatoms. The van der Waals surface area contributed by atoms with Gasteiger partial charge in [-0.1, -0.05) is 54.6 Å². The van der Waals surface area contributed by atoms with E-state index in [1.165, 1.54) is 5.56 Å². The van der Waals surface area contributed by atoms with Crippen LogP contribution in [0, 0.1) is 0 Å². The lowest BCUT2D eigenvalue weighted by molar-refractivity contribution is 0.0940. The highest BCUT2D eigenvalue weighted by atomic mass is 16.2. The Kier molecular flexibility index (Phi) is 4.94. The molecule has 0 spiro atoms. The summed E-state index contributed by atoms with van der Waals surface area (Å²) in [4.78, 5) is 27.5. The third kappa shape index (κ3) is 3.54. The lowest BCUT2D eigenvalue weighted by Crippen LogP contribution is -2.30. The molecule has 0 aliphatic carbocycles. The molecule has 1 heterocycles. The molecule has 0 aromatic heterocycles. The average Bonchev–Trinajstić information content (AvgIpc) is 3.18. The summed E-state index contributed by atoms with van der Waals surface area (Å²) in [6.45, 7) is 2.61. The summed E-state index contributed by atoms with van der Waals surface area (Å²) < 4.78 is 0. The van der Waals surface area contributed by atoms with E-state index >= 15 is 0 Å². The Balaban J connectivity index is 1.52. The molecule has 28 heavy (non-hydrogen) atoms. The lowest BCUT2D eigenvalue weighted by atomic mass is 10.1. The van der Waals surface area contributed by atoms with E-state index in [1.807, 2.05) is 55.5 Å². The molecular formula is C24H22N2O2. The Bertz CT molecular complexity index is 1010. The smallest absolute Gasteiger partial charge is 0.258 e. The molecule has 0 radical (unpaired) electrons. The number of benzene rings is 3. The van der Waals surface area contributed by atoms with E-state index in [0.29, 0.717) is 17.7 Å². The van der Waals surface area contributed by atoms with Crippen molar-refractivity contribution in [2.24, 2.45) is 0 Å². The maximum atomic E-state index is 13.0. The molecule has 1 unspecified atom stereocenters. The van der Waals surface area contributed by atoms with E-state index in [2.05, 4.69) is 11.4 Å². The van der Waals surface area contributed by atoms with Gasteiger partial charge in [0.25, 0.3) is 11.8 Å². The van der Waals surface area contributed by atoms with E-state index in [0.717, 1.165) is 17.7 Å². The standard InChI is InChI=1S/C24H22N2O2/c1-17(18-8-3-2-4-9-18)25-23(27)20-11-7-12-21(16-20)24(28)26-15-14-19-10-5-6-13-22(19)26/h2-13,16-17H,14-15H2,1H3,(H,25,27). The summed E-state index contributed by atoms with van der Waals surface area (Å²) in [6, 6.07) is 24.6. The molecule has 3 aromatic rings. The zero-order chi connectivity index (χ0) is 19.5. The third-order valence-electron chi connectivity index (χ3n) is 5.15. The molecule has 0 fully saturated rings. The summed E-state index contributed by atoms with van der Waals surface area (Å²) >= 11 is 0. The van der Waals surface area contributed by atoms with E-state index < -0.39 is 0 Å². The van der Waals surface area contributed by atoms with Crippen molar-refractivity contribution in [3.8, 4) is 0 Å². The van der Waals surface area contributed by atoms with Crippen molar-refractivity contribution in [3.05, 3.63) is 101 Å². The molecule has 2 amide bonds. The van der Waals surface area contributed by atoms with Crippen LogP contribution < -0.4 is 10.2 Å². The topological polar surface area (TPSA) is 49.4 Å². The quantitative estimate of drug-likeness (QED) is 0.741. The monoisotopic (exact) mass is 370 g/mol. The molecule has 0 bridgehead atoms. The highest BCUT2D eigenvalue weighted by Gasteiger charge is 2.25. The average molecular weight is 370 g/mol.